The van der Waals surface area contributed by atoms with Crippen LogP contribution in [0.5, 0.6) is 11.8 Å². The van der Waals surface area contributed by atoms with Gasteiger partial charge in [0, 0.05) is 25.4 Å². The molecule has 11 heteroatoms. The number of ether oxygens (including phenoxy) is 2. The van der Waals surface area contributed by atoms with Crippen molar-refractivity contribution in [1.29, 1.82) is 0 Å². The van der Waals surface area contributed by atoms with Crippen LogP contribution >= 0.6 is 11.8 Å². The molecule has 0 aromatic carbocycles. The summed E-state index contributed by atoms with van der Waals surface area (Å²) in [4.78, 5) is 45.9. The number of rotatable bonds is 8. The highest BCUT2D eigenvalue weighted by atomic mass is 32.2. The molecule has 0 radical (unpaired) electrons. The van der Waals surface area contributed by atoms with Crippen molar-refractivity contribution < 1.29 is 23.9 Å². The highest BCUT2D eigenvalue weighted by Gasteiger charge is 2.33. The number of hydrogen-bond acceptors (Lipinski definition) is 8. The lowest BCUT2D eigenvalue weighted by Gasteiger charge is -2.28. The average Bonchev–Trinajstić information content (AvgIpc) is 3.29. The summed E-state index contributed by atoms with van der Waals surface area (Å²) in [6.45, 7) is 0.835. The Morgan fingerprint density at radius 2 is 1.87 bits per heavy atom. The van der Waals surface area contributed by atoms with E-state index < -0.39 is 0 Å². The van der Waals surface area contributed by atoms with Crippen molar-refractivity contribution in [2.24, 2.45) is 0 Å². The monoisotopic (exact) mass is 445 g/mol. The van der Waals surface area contributed by atoms with Crippen LogP contribution in [0.15, 0.2) is 36.5 Å². The second kappa shape index (κ2) is 10.6. The van der Waals surface area contributed by atoms with Gasteiger partial charge in [-0.05, 0) is 24.6 Å². The molecule has 10 nitrogen and oxygen atoms in total. The first-order chi connectivity index (χ1) is 15.0. The number of thioether (sulfide) groups is 1. The number of hydrazine groups is 1. The fourth-order valence-electron chi connectivity index (χ4n) is 3.00. The minimum atomic E-state index is -0.379. The molecular formula is C20H23N5O5S. The van der Waals surface area contributed by atoms with E-state index in [1.165, 1.54) is 36.0 Å². The minimum Gasteiger partial charge on any atom is -0.481 e. The molecule has 0 saturated carbocycles. The summed E-state index contributed by atoms with van der Waals surface area (Å²) >= 11 is 1.18. The second-order valence-corrected chi connectivity index (χ2v) is 7.45. The zero-order valence-corrected chi connectivity index (χ0v) is 18.1. The van der Waals surface area contributed by atoms with E-state index in [0.717, 1.165) is 0 Å². The van der Waals surface area contributed by atoms with Crippen molar-refractivity contribution in [2.45, 2.75) is 6.42 Å². The topological polar surface area (TPSA) is 114 Å². The highest BCUT2D eigenvalue weighted by Crippen LogP contribution is 2.24. The van der Waals surface area contributed by atoms with E-state index in [4.69, 9.17) is 9.47 Å². The molecule has 3 amide bonds. The number of pyridine rings is 2. The number of anilines is 1. The van der Waals surface area contributed by atoms with Crippen LogP contribution in [0.1, 0.15) is 16.8 Å². The van der Waals surface area contributed by atoms with Gasteiger partial charge >= 0.3 is 0 Å². The van der Waals surface area contributed by atoms with Crippen molar-refractivity contribution in [3.8, 4) is 11.8 Å². The fraction of sp³-hybridized carbons (Fsp3) is 0.350. The molecule has 1 N–H and O–H groups in total. The molecule has 31 heavy (non-hydrogen) atoms. The molecule has 0 unspecified atom stereocenters. The minimum absolute atomic E-state index is 0.0669. The summed E-state index contributed by atoms with van der Waals surface area (Å²) in [5.74, 6) is 0.195. The van der Waals surface area contributed by atoms with Gasteiger partial charge in [0.25, 0.3) is 11.8 Å². The van der Waals surface area contributed by atoms with Crippen molar-refractivity contribution in [2.75, 3.05) is 44.1 Å². The average molecular weight is 446 g/mol. The van der Waals surface area contributed by atoms with Crippen LogP contribution in [0, 0.1) is 0 Å². The van der Waals surface area contributed by atoms with Crippen LogP contribution in [0.25, 0.3) is 0 Å². The van der Waals surface area contributed by atoms with Gasteiger partial charge in [0.1, 0.15) is 11.4 Å². The molecule has 1 saturated heterocycles. The molecule has 2 aromatic heterocycles. The first-order valence-corrected chi connectivity index (χ1v) is 10.7. The summed E-state index contributed by atoms with van der Waals surface area (Å²) in [5, 5.41) is 5.47. The molecule has 2 aromatic rings. The second-order valence-electron chi connectivity index (χ2n) is 6.47. The Morgan fingerprint density at radius 1 is 1.06 bits per heavy atom. The van der Waals surface area contributed by atoms with E-state index >= 15 is 0 Å². The fourth-order valence-corrected chi connectivity index (χ4v) is 3.68. The molecule has 0 aliphatic carbocycles. The molecule has 3 rings (SSSR count). The quantitative estimate of drug-likeness (QED) is 0.650. The molecule has 1 aliphatic rings. The number of nitrogens with one attached hydrogen (secondary N) is 1. The molecule has 164 valence electrons. The maximum Gasteiger partial charge on any atom is 0.277 e. The van der Waals surface area contributed by atoms with Gasteiger partial charge in [0.2, 0.25) is 17.7 Å². The Bertz CT molecular complexity index is 943. The molecule has 0 spiro atoms. The van der Waals surface area contributed by atoms with Gasteiger partial charge < -0.3 is 14.8 Å². The van der Waals surface area contributed by atoms with E-state index in [9.17, 15) is 14.4 Å². The normalized spacial score (nSPS) is 13.1. The standard InChI is InChI=1S/C20H23N5O5S/c1-29-17-8-7-14(19(23-17)30-2)20(28)25-11-5-10-24(25)18(27)13-31-12-16(26)22-15-6-3-4-9-21-15/h3-4,6-9H,5,10-13H2,1-2H3,(H,21,22,26). The molecule has 1 fully saturated rings. The Labute approximate surface area is 183 Å². The first-order valence-electron chi connectivity index (χ1n) is 9.53. The Balaban J connectivity index is 1.56. The van der Waals surface area contributed by atoms with E-state index in [1.807, 2.05) is 0 Å². The predicted molar refractivity (Wildman–Crippen MR) is 115 cm³/mol. The van der Waals surface area contributed by atoms with Crippen molar-refractivity contribution in [3.63, 3.8) is 0 Å². The highest BCUT2D eigenvalue weighted by molar-refractivity contribution is 8.00. The van der Waals surface area contributed by atoms with Gasteiger partial charge in [-0.1, -0.05) is 6.07 Å². The molecule has 0 atom stereocenters. The van der Waals surface area contributed by atoms with Crippen LogP contribution < -0.4 is 14.8 Å². The molecule has 3 heterocycles. The van der Waals surface area contributed by atoms with Gasteiger partial charge in [-0.15, -0.1) is 11.8 Å². The number of carbonyl (C=O) groups excluding carboxylic acids is 3. The third-order valence-corrected chi connectivity index (χ3v) is 5.33. The van der Waals surface area contributed by atoms with E-state index in [1.54, 1.807) is 36.5 Å². The predicted octanol–water partition coefficient (Wildman–Crippen LogP) is 1.46. The molecular weight excluding hydrogens is 422 g/mol. The van der Waals surface area contributed by atoms with Crippen LogP contribution in [-0.4, -0.2) is 76.5 Å². The zero-order chi connectivity index (χ0) is 22.2. The smallest absolute Gasteiger partial charge is 0.277 e. The van der Waals surface area contributed by atoms with E-state index in [0.29, 0.717) is 31.2 Å². The van der Waals surface area contributed by atoms with Crippen molar-refractivity contribution in [1.82, 2.24) is 20.0 Å². The number of nitrogens with zero attached hydrogens (tertiary/aromatic N) is 4. The summed E-state index contributed by atoms with van der Waals surface area (Å²) in [7, 11) is 2.89. The summed E-state index contributed by atoms with van der Waals surface area (Å²) in [5.41, 5.74) is 0.241. The number of carbonyl (C=O) groups is 3. The van der Waals surface area contributed by atoms with E-state index in [2.05, 4.69) is 15.3 Å². The number of aromatic nitrogens is 2. The third-order valence-electron chi connectivity index (χ3n) is 4.41. The van der Waals surface area contributed by atoms with Crippen molar-refractivity contribution >= 4 is 35.3 Å². The lowest BCUT2D eigenvalue weighted by Crippen LogP contribution is -2.45. The van der Waals surface area contributed by atoms with Gasteiger partial charge in [-0.3, -0.25) is 19.4 Å². The first kappa shape index (κ1) is 22.3. The van der Waals surface area contributed by atoms with Gasteiger partial charge in [0.05, 0.1) is 25.7 Å². The van der Waals surface area contributed by atoms with Gasteiger partial charge in [-0.25, -0.2) is 9.99 Å². The number of amides is 3. The van der Waals surface area contributed by atoms with Crippen molar-refractivity contribution in [3.05, 3.63) is 42.1 Å². The Morgan fingerprint density at radius 3 is 2.58 bits per heavy atom. The maximum atomic E-state index is 13.0. The van der Waals surface area contributed by atoms with Gasteiger partial charge in [0.15, 0.2) is 0 Å². The summed E-state index contributed by atoms with van der Waals surface area (Å²) < 4.78 is 10.3. The summed E-state index contributed by atoms with van der Waals surface area (Å²) in [6.07, 6.45) is 2.24. The SMILES string of the molecule is COc1ccc(C(=O)N2CCCN2C(=O)CSCC(=O)Nc2ccccn2)c(OC)n1. The van der Waals surface area contributed by atoms with E-state index in [-0.39, 0.29) is 40.7 Å². The lowest BCUT2D eigenvalue weighted by molar-refractivity contribution is -0.137. The van der Waals surface area contributed by atoms with Crippen LogP contribution in [0.4, 0.5) is 5.82 Å². The van der Waals surface area contributed by atoms with Crippen LogP contribution in [0.3, 0.4) is 0 Å². The Kier molecular flexibility index (Phi) is 7.65. The van der Waals surface area contributed by atoms with Gasteiger partial charge in [-0.2, -0.15) is 4.98 Å². The summed E-state index contributed by atoms with van der Waals surface area (Å²) in [6, 6.07) is 8.33. The van der Waals surface area contributed by atoms with Crippen LogP contribution in [-0.2, 0) is 9.59 Å². The van der Waals surface area contributed by atoms with Crippen LogP contribution in [0.2, 0.25) is 0 Å². The lowest BCUT2D eigenvalue weighted by atomic mass is 10.2. The number of methoxy groups -OCH3 is 2. The third kappa shape index (κ3) is 5.63. The zero-order valence-electron chi connectivity index (χ0n) is 17.2. The largest absolute Gasteiger partial charge is 0.481 e. The number of hydrogen-bond donors (Lipinski definition) is 1. The Hall–Kier alpha value is -3.34. The molecule has 1 aliphatic heterocycles. The molecule has 0 bridgehead atoms. The maximum absolute atomic E-state index is 13.0.